The molecule has 92 valence electrons. The van der Waals surface area contributed by atoms with Gasteiger partial charge in [0.05, 0.1) is 0 Å². The summed E-state index contributed by atoms with van der Waals surface area (Å²) in [5, 5.41) is 0. The Morgan fingerprint density at radius 3 is 0.750 bits per heavy atom. The van der Waals surface area contributed by atoms with E-state index in [1.54, 1.807) is 0 Å². The van der Waals surface area contributed by atoms with Gasteiger partial charge in [-0.1, -0.05) is 0 Å². The zero-order chi connectivity index (χ0) is 12.5. The van der Waals surface area contributed by atoms with Crippen molar-refractivity contribution < 1.29 is 19.2 Å². The van der Waals surface area contributed by atoms with Crippen LogP contribution in [0, 0.1) is 0 Å². The largest absolute Gasteiger partial charge is 0.303 e. The third-order valence-corrected chi connectivity index (χ3v) is 1.79. The van der Waals surface area contributed by atoms with E-state index in [1.165, 1.54) is 0 Å². The Morgan fingerprint density at radius 2 is 0.625 bits per heavy atom. The summed E-state index contributed by atoms with van der Waals surface area (Å²) in [6, 6.07) is 0. The SMILES string of the molecule is O=CCCCCC=O.O=CCCCCC=O. The minimum atomic E-state index is 0.591. The second kappa shape index (κ2) is 19.3. The summed E-state index contributed by atoms with van der Waals surface area (Å²) < 4.78 is 0. The minimum absolute atomic E-state index is 0.591. The molecule has 4 nitrogen and oxygen atoms in total. The van der Waals surface area contributed by atoms with Crippen LogP contribution in [0.15, 0.2) is 0 Å². The van der Waals surface area contributed by atoms with E-state index in [9.17, 15) is 19.2 Å². The van der Waals surface area contributed by atoms with Crippen molar-refractivity contribution in [1.29, 1.82) is 0 Å². The van der Waals surface area contributed by atoms with Gasteiger partial charge in [0.25, 0.3) is 0 Å². The molecule has 0 bridgehead atoms. The van der Waals surface area contributed by atoms with Crippen LogP contribution in [0.4, 0.5) is 0 Å². The lowest BCUT2D eigenvalue weighted by Crippen LogP contribution is -1.78. The molecule has 0 radical (unpaired) electrons. The van der Waals surface area contributed by atoms with Crippen molar-refractivity contribution in [1.82, 2.24) is 0 Å². The van der Waals surface area contributed by atoms with E-state index in [4.69, 9.17) is 0 Å². The molecule has 0 aromatic rings. The van der Waals surface area contributed by atoms with E-state index in [1.807, 2.05) is 0 Å². The standard InChI is InChI=1S/2C6H10O2/c2*7-5-3-1-2-4-6-8/h2*5-6H,1-4H2. The Labute approximate surface area is 96.4 Å². The van der Waals surface area contributed by atoms with Gasteiger partial charge in [-0.3, -0.25) is 0 Å². The molecule has 0 rings (SSSR count). The Morgan fingerprint density at radius 1 is 0.438 bits per heavy atom. The van der Waals surface area contributed by atoms with Gasteiger partial charge in [-0.15, -0.1) is 0 Å². The van der Waals surface area contributed by atoms with Gasteiger partial charge in [0.1, 0.15) is 25.1 Å². The van der Waals surface area contributed by atoms with Crippen molar-refractivity contribution in [3.05, 3.63) is 0 Å². The molecule has 0 aliphatic carbocycles. The van der Waals surface area contributed by atoms with Crippen molar-refractivity contribution in [2.24, 2.45) is 0 Å². The number of carbonyl (C=O) groups excluding carboxylic acids is 4. The van der Waals surface area contributed by atoms with Crippen LogP contribution in [0.25, 0.3) is 0 Å². The highest BCUT2D eigenvalue weighted by Crippen LogP contribution is 1.94. The maximum absolute atomic E-state index is 9.68. The lowest BCUT2D eigenvalue weighted by molar-refractivity contribution is -0.109. The van der Waals surface area contributed by atoms with E-state index in [2.05, 4.69) is 0 Å². The van der Waals surface area contributed by atoms with E-state index in [0.29, 0.717) is 25.7 Å². The van der Waals surface area contributed by atoms with E-state index in [0.717, 1.165) is 50.8 Å². The third-order valence-electron chi connectivity index (χ3n) is 1.79. The smallest absolute Gasteiger partial charge is 0.119 e. The number of rotatable bonds is 10. The van der Waals surface area contributed by atoms with Gasteiger partial charge in [0, 0.05) is 25.7 Å². The quantitative estimate of drug-likeness (QED) is 0.423. The zero-order valence-corrected chi connectivity index (χ0v) is 9.60. The predicted octanol–water partition coefficient (Wildman–Crippen LogP) is 1.89. The third kappa shape index (κ3) is 23.0. The summed E-state index contributed by atoms with van der Waals surface area (Å²) in [6.07, 6.45) is 9.28. The van der Waals surface area contributed by atoms with Crippen molar-refractivity contribution in [2.45, 2.75) is 51.4 Å². The summed E-state index contributed by atoms with van der Waals surface area (Å²) in [7, 11) is 0. The number of aldehydes is 4. The molecular formula is C12H20O4. The molecule has 16 heavy (non-hydrogen) atoms. The van der Waals surface area contributed by atoms with Crippen molar-refractivity contribution in [3.63, 3.8) is 0 Å². The van der Waals surface area contributed by atoms with Gasteiger partial charge in [0.2, 0.25) is 0 Å². The first-order valence-corrected chi connectivity index (χ1v) is 5.58. The van der Waals surface area contributed by atoms with Gasteiger partial charge in [0.15, 0.2) is 0 Å². The van der Waals surface area contributed by atoms with E-state index in [-0.39, 0.29) is 0 Å². The molecule has 0 aliphatic rings. The summed E-state index contributed by atoms with van der Waals surface area (Å²) in [5.41, 5.74) is 0. The van der Waals surface area contributed by atoms with Crippen LogP contribution in [-0.2, 0) is 19.2 Å². The molecule has 0 fully saturated rings. The second-order valence-electron chi connectivity index (χ2n) is 3.24. The Kier molecular flexibility index (Phi) is 20.6. The zero-order valence-electron chi connectivity index (χ0n) is 9.60. The lowest BCUT2D eigenvalue weighted by Gasteiger charge is -1.85. The summed E-state index contributed by atoms with van der Waals surface area (Å²) in [6.45, 7) is 0. The molecule has 0 aromatic carbocycles. The first-order valence-electron chi connectivity index (χ1n) is 5.58. The fourth-order valence-electron chi connectivity index (χ4n) is 0.911. The van der Waals surface area contributed by atoms with Crippen LogP contribution in [0.3, 0.4) is 0 Å². The van der Waals surface area contributed by atoms with Gasteiger partial charge < -0.3 is 19.2 Å². The van der Waals surface area contributed by atoms with Gasteiger partial charge in [-0.2, -0.15) is 0 Å². The molecular weight excluding hydrogens is 208 g/mol. The van der Waals surface area contributed by atoms with Crippen LogP contribution in [0.1, 0.15) is 51.4 Å². The summed E-state index contributed by atoms with van der Waals surface area (Å²) >= 11 is 0. The Bertz CT molecular complexity index is 138. The van der Waals surface area contributed by atoms with Crippen molar-refractivity contribution >= 4 is 25.1 Å². The second-order valence-corrected chi connectivity index (χ2v) is 3.24. The first-order chi connectivity index (χ1) is 7.83. The maximum atomic E-state index is 9.68. The Hall–Kier alpha value is -1.32. The minimum Gasteiger partial charge on any atom is -0.303 e. The van der Waals surface area contributed by atoms with Crippen molar-refractivity contribution in [2.75, 3.05) is 0 Å². The van der Waals surface area contributed by atoms with Crippen LogP contribution >= 0.6 is 0 Å². The fraction of sp³-hybridized carbons (Fsp3) is 0.667. The molecule has 0 aliphatic heterocycles. The highest BCUT2D eigenvalue weighted by Gasteiger charge is 1.84. The number of hydrogen-bond acceptors (Lipinski definition) is 4. The van der Waals surface area contributed by atoms with Crippen LogP contribution in [-0.4, -0.2) is 25.1 Å². The molecule has 0 atom stereocenters. The van der Waals surface area contributed by atoms with E-state index < -0.39 is 0 Å². The highest BCUT2D eigenvalue weighted by molar-refractivity contribution is 5.51. The number of unbranched alkanes of at least 4 members (excludes halogenated alkanes) is 6. The predicted molar refractivity (Wildman–Crippen MR) is 61.2 cm³/mol. The monoisotopic (exact) mass is 228 g/mol. The average molecular weight is 228 g/mol. The maximum Gasteiger partial charge on any atom is 0.119 e. The molecule has 0 unspecified atom stereocenters. The molecule has 0 amide bonds. The summed E-state index contributed by atoms with van der Waals surface area (Å²) in [5.74, 6) is 0. The van der Waals surface area contributed by atoms with Crippen LogP contribution in [0.2, 0.25) is 0 Å². The number of hydrogen-bond donors (Lipinski definition) is 0. The fourth-order valence-corrected chi connectivity index (χ4v) is 0.911. The molecule has 4 heteroatoms. The van der Waals surface area contributed by atoms with Crippen LogP contribution < -0.4 is 0 Å². The first kappa shape index (κ1) is 17.1. The summed E-state index contributed by atoms with van der Waals surface area (Å²) in [4.78, 5) is 38.7. The molecule has 0 saturated heterocycles. The van der Waals surface area contributed by atoms with Gasteiger partial charge in [-0.05, 0) is 25.7 Å². The van der Waals surface area contributed by atoms with E-state index >= 15 is 0 Å². The molecule has 0 aromatic heterocycles. The highest BCUT2D eigenvalue weighted by atomic mass is 16.1. The van der Waals surface area contributed by atoms with Crippen LogP contribution in [0.5, 0.6) is 0 Å². The topological polar surface area (TPSA) is 68.3 Å². The van der Waals surface area contributed by atoms with Crippen molar-refractivity contribution in [3.8, 4) is 0 Å². The Balaban J connectivity index is 0. The normalized spacial score (nSPS) is 8.50. The molecule has 0 spiro atoms. The van der Waals surface area contributed by atoms with Gasteiger partial charge >= 0.3 is 0 Å². The molecule has 0 heterocycles. The van der Waals surface area contributed by atoms with Gasteiger partial charge in [-0.25, -0.2) is 0 Å². The average Bonchev–Trinajstić information content (AvgIpc) is 2.31. The number of carbonyl (C=O) groups is 4. The molecule has 0 saturated carbocycles. The lowest BCUT2D eigenvalue weighted by atomic mass is 10.2. The molecule has 0 N–H and O–H groups in total.